The molecule has 0 saturated heterocycles. The second-order valence-corrected chi connectivity index (χ2v) is 2.60. The van der Waals surface area contributed by atoms with E-state index in [0.717, 1.165) is 10.9 Å². The lowest BCUT2D eigenvalue weighted by molar-refractivity contribution is -0.120. The first kappa shape index (κ1) is 7.67. The van der Waals surface area contributed by atoms with Gasteiger partial charge < -0.3 is 14.8 Å². The van der Waals surface area contributed by atoms with Crippen LogP contribution in [0.25, 0.3) is 10.9 Å². The smallest absolute Gasteiger partial charge is 0.298 e. The fraction of sp³-hybridized carbons (Fsp3) is 0. The number of nitrogens with one attached hydrogen (secondary N) is 1. The standard InChI is InChI=1S/C9H7NO3/c11-5-13-9-4-7-6(1-2-10-7)3-8(9)12/h1-5,10,12H. The van der Waals surface area contributed by atoms with Gasteiger partial charge in [0.05, 0.1) is 0 Å². The molecule has 4 nitrogen and oxygen atoms in total. The number of phenolic OH excluding ortho intramolecular Hbond substituents is 1. The van der Waals surface area contributed by atoms with Crippen molar-refractivity contribution in [2.45, 2.75) is 0 Å². The molecule has 1 aromatic carbocycles. The summed E-state index contributed by atoms with van der Waals surface area (Å²) in [5, 5.41) is 10.2. The van der Waals surface area contributed by atoms with Crippen LogP contribution < -0.4 is 4.74 Å². The maximum atomic E-state index is 10.1. The van der Waals surface area contributed by atoms with Gasteiger partial charge in [-0.05, 0) is 12.1 Å². The summed E-state index contributed by atoms with van der Waals surface area (Å²) in [4.78, 5) is 13.0. The third kappa shape index (κ3) is 1.22. The zero-order valence-corrected chi connectivity index (χ0v) is 6.65. The van der Waals surface area contributed by atoms with E-state index in [1.165, 1.54) is 6.07 Å². The van der Waals surface area contributed by atoms with Crippen LogP contribution >= 0.6 is 0 Å². The minimum atomic E-state index is -0.0424. The summed E-state index contributed by atoms with van der Waals surface area (Å²) in [6, 6.07) is 4.92. The zero-order chi connectivity index (χ0) is 9.26. The van der Waals surface area contributed by atoms with Gasteiger partial charge in [-0.25, -0.2) is 0 Å². The number of hydrogen-bond acceptors (Lipinski definition) is 3. The molecule has 0 atom stereocenters. The van der Waals surface area contributed by atoms with Crippen molar-refractivity contribution in [1.29, 1.82) is 0 Å². The summed E-state index contributed by atoms with van der Waals surface area (Å²) in [6.45, 7) is 0.282. The van der Waals surface area contributed by atoms with E-state index in [9.17, 15) is 9.90 Å². The normalized spacial score (nSPS) is 10.2. The second-order valence-electron chi connectivity index (χ2n) is 2.60. The Hall–Kier alpha value is -1.97. The van der Waals surface area contributed by atoms with Crippen LogP contribution in [0.3, 0.4) is 0 Å². The van der Waals surface area contributed by atoms with Gasteiger partial charge >= 0.3 is 0 Å². The molecule has 0 aliphatic carbocycles. The summed E-state index contributed by atoms with van der Waals surface area (Å²) in [5.41, 5.74) is 0.814. The van der Waals surface area contributed by atoms with Crippen LogP contribution in [-0.4, -0.2) is 16.6 Å². The number of H-pyrrole nitrogens is 1. The average Bonchev–Trinajstić information content (AvgIpc) is 2.52. The summed E-state index contributed by atoms with van der Waals surface area (Å²) in [7, 11) is 0. The van der Waals surface area contributed by atoms with Gasteiger partial charge in [0.2, 0.25) is 0 Å². The molecule has 0 unspecified atom stereocenters. The van der Waals surface area contributed by atoms with Gasteiger partial charge in [0.25, 0.3) is 6.47 Å². The molecular formula is C9H7NO3. The number of phenols is 1. The van der Waals surface area contributed by atoms with Crippen LogP contribution in [0.5, 0.6) is 11.5 Å². The maximum Gasteiger partial charge on any atom is 0.298 e. The van der Waals surface area contributed by atoms with Gasteiger partial charge in [-0.2, -0.15) is 0 Å². The monoisotopic (exact) mass is 177 g/mol. The largest absolute Gasteiger partial charge is 0.504 e. The van der Waals surface area contributed by atoms with Crippen LogP contribution in [0.4, 0.5) is 0 Å². The maximum absolute atomic E-state index is 10.1. The molecule has 0 bridgehead atoms. The Labute approximate surface area is 73.8 Å². The van der Waals surface area contributed by atoms with E-state index >= 15 is 0 Å². The lowest BCUT2D eigenvalue weighted by Crippen LogP contribution is -1.88. The van der Waals surface area contributed by atoms with E-state index in [0.29, 0.717) is 0 Å². The molecule has 0 aliphatic heterocycles. The first-order chi connectivity index (χ1) is 6.31. The zero-order valence-electron chi connectivity index (χ0n) is 6.65. The minimum absolute atomic E-state index is 0.0424. The molecular weight excluding hydrogens is 170 g/mol. The first-order valence-electron chi connectivity index (χ1n) is 3.71. The molecule has 0 saturated carbocycles. The Morgan fingerprint density at radius 1 is 1.46 bits per heavy atom. The van der Waals surface area contributed by atoms with Crippen molar-refractivity contribution >= 4 is 17.4 Å². The van der Waals surface area contributed by atoms with Gasteiger partial charge in [0.15, 0.2) is 11.5 Å². The summed E-state index contributed by atoms with van der Waals surface area (Å²) in [6.07, 6.45) is 1.74. The van der Waals surface area contributed by atoms with E-state index in [1.807, 2.05) is 6.07 Å². The highest BCUT2D eigenvalue weighted by Crippen LogP contribution is 2.30. The van der Waals surface area contributed by atoms with Crippen LogP contribution in [0.2, 0.25) is 0 Å². The van der Waals surface area contributed by atoms with Crippen molar-refractivity contribution in [1.82, 2.24) is 4.98 Å². The van der Waals surface area contributed by atoms with Gasteiger partial charge in [0.1, 0.15) is 0 Å². The number of aromatic amines is 1. The van der Waals surface area contributed by atoms with Crippen LogP contribution in [0.1, 0.15) is 0 Å². The van der Waals surface area contributed by atoms with E-state index < -0.39 is 0 Å². The highest BCUT2D eigenvalue weighted by Gasteiger charge is 2.04. The number of aromatic hydroxyl groups is 1. The van der Waals surface area contributed by atoms with E-state index in [4.69, 9.17) is 0 Å². The molecule has 4 heteroatoms. The molecule has 0 radical (unpaired) electrons. The molecule has 2 aromatic rings. The third-order valence-corrected chi connectivity index (χ3v) is 1.81. The van der Waals surface area contributed by atoms with Crippen molar-refractivity contribution in [2.75, 3.05) is 0 Å². The number of ether oxygens (including phenoxy) is 1. The Kier molecular flexibility index (Phi) is 1.66. The molecule has 2 N–H and O–H groups in total. The number of aromatic nitrogens is 1. The van der Waals surface area contributed by atoms with Crippen molar-refractivity contribution < 1.29 is 14.6 Å². The number of carbonyl (C=O) groups excluding carboxylic acids is 1. The fourth-order valence-electron chi connectivity index (χ4n) is 1.21. The van der Waals surface area contributed by atoms with Crippen molar-refractivity contribution in [3.63, 3.8) is 0 Å². The van der Waals surface area contributed by atoms with Gasteiger partial charge in [0, 0.05) is 23.2 Å². The van der Waals surface area contributed by atoms with E-state index in [2.05, 4.69) is 9.72 Å². The summed E-state index contributed by atoms with van der Waals surface area (Å²) >= 11 is 0. The predicted molar refractivity (Wildman–Crippen MR) is 46.7 cm³/mol. The minimum Gasteiger partial charge on any atom is -0.504 e. The Bertz CT molecular complexity index is 447. The Balaban J connectivity index is 2.62. The molecule has 13 heavy (non-hydrogen) atoms. The van der Waals surface area contributed by atoms with Crippen LogP contribution in [0.15, 0.2) is 24.4 Å². The first-order valence-corrected chi connectivity index (χ1v) is 3.71. The van der Waals surface area contributed by atoms with Gasteiger partial charge in [-0.1, -0.05) is 0 Å². The second kappa shape index (κ2) is 2.82. The number of rotatable bonds is 2. The van der Waals surface area contributed by atoms with Crippen molar-refractivity contribution in [3.05, 3.63) is 24.4 Å². The molecule has 1 aromatic heterocycles. The highest BCUT2D eigenvalue weighted by atomic mass is 16.5. The third-order valence-electron chi connectivity index (χ3n) is 1.81. The topological polar surface area (TPSA) is 62.3 Å². The summed E-state index contributed by atoms with van der Waals surface area (Å²) < 4.78 is 4.56. The SMILES string of the molecule is O=COc1cc2[nH]ccc2cc1O. The Morgan fingerprint density at radius 3 is 3.08 bits per heavy atom. The number of carbonyl (C=O) groups is 1. The fourth-order valence-corrected chi connectivity index (χ4v) is 1.21. The highest BCUT2D eigenvalue weighted by molar-refractivity contribution is 5.83. The van der Waals surface area contributed by atoms with Crippen LogP contribution in [0, 0.1) is 0 Å². The molecule has 2 rings (SSSR count). The lowest BCUT2D eigenvalue weighted by Gasteiger charge is -2.00. The quantitative estimate of drug-likeness (QED) is 0.681. The molecule has 1 heterocycles. The van der Waals surface area contributed by atoms with E-state index in [1.54, 1.807) is 12.3 Å². The number of benzene rings is 1. The van der Waals surface area contributed by atoms with Crippen molar-refractivity contribution in [2.24, 2.45) is 0 Å². The lowest BCUT2D eigenvalue weighted by atomic mass is 10.2. The van der Waals surface area contributed by atoms with Crippen LogP contribution in [-0.2, 0) is 4.79 Å². The average molecular weight is 177 g/mol. The Morgan fingerprint density at radius 2 is 2.31 bits per heavy atom. The molecule has 0 spiro atoms. The molecule has 66 valence electrons. The van der Waals surface area contributed by atoms with Gasteiger partial charge in [-0.15, -0.1) is 0 Å². The number of fused-ring (bicyclic) bond motifs is 1. The van der Waals surface area contributed by atoms with Gasteiger partial charge in [-0.3, -0.25) is 4.79 Å². The predicted octanol–water partition coefficient (Wildman–Crippen LogP) is 1.41. The van der Waals surface area contributed by atoms with Crippen molar-refractivity contribution in [3.8, 4) is 11.5 Å². The number of hydrogen-bond donors (Lipinski definition) is 2. The summed E-state index contributed by atoms with van der Waals surface area (Å²) in [5.74, 6) is 0.115. The molecule has 0 amide bonds. The van der Waals surface area contributed by atoms with E-state index in [-0.39, 0.29) is 18.0 Å². The molecule has 0 fully saturated rings. The molecule has 0 aliphatic rings.